The maximum Gasteiger partial charge on any atom is 0.151 e. The molecule has 1 aromatic heterocycles. The van der Waals surface area contributed by atoms with Crippen LogP contribution in [0.2, 0.25) is 0 Å². The predicted molar refractivity (Wildman–Crippen MR) is 66.8 cm³/mol. The van der Waals surface area contributed by atoms with E-state index in [1.165, 1.54) is 0 Å². The van der Waals surface area contributed by atoms with Gasteiger partial charge in [0.1, 0.15) is 5.75 Å². The molecular formula is C13H11BrNO. The van der Waals surface area contributed by atoms with Gasteiger partial charge < -0.3 is 4.74 Å². The minimum Gasteiger partial charge on any atom is -0.454 e. The first-order valence-electron chi connectivity index (χ1n) is 4.94. The summed E-state index contributed by atoms with van der Waals surface area (Å²) in [5, 5.41) is 0. The fraction of sp³-hybridized carbons (Fsp3) is 0.154. The van der Waals surface area contributed by atoms with E-state index >= 15 is 0 Å². The highest BCUT2D eigenvalue weighted by atomic mass is 79.9. The van der Waals surface area contributed by atoms with Gasteiger partial charge in [-0.1, -0.05) is 6.07 Å². The summed E-state index contributed by atoms with van der Waals surface area (Å²) in [5.74, 6) is 1.59. The van der Waals surface area contributed by atoms with E-state index in [1.807, 2.05) is 38.1 Å². The van der Waals surface area contributed by atoms with Gasteiger partial charge in [-0.2, -0.15) is 0 Å². The monoisotopic (exact) mass is 276 g/mol. The third-order valence-electron chi connectivity index (χ3n) is 2.27. The highest BCUT2D eigenvalue weighted by Crippen LogP contribution is 2.31. The lowest BCUT2D eigenvalue weighted by molar-refractivity contribution is 0.469. The lowest BCUT2D eigenvalue weighted by Crippen LogP contribution is -1.93. The number of hydrogen-bond acceptors (Lipinski definition) is 2. The minimum absolute atomic E-state index is 0.776. The first kappa shape index (κ1) is 11.1. The standard InChI is InChI=1S/C13H11BrNO/c1-9-7-8-15-10(2)13(9)16-12-6-4-3-5-11(12)14/h4-8H,1-2H3. The summed E-state index contributed by atoms with van der Waals surface area (Å²) in [6.45, 7) is 3.94. The molecule has 0 bridgehead atoms. The van der Waals surface area contributed by atoms with Gasteiger partial charge in [0.05, 0.1) is 10.2 Å². The van der Waals surface area contributed by atoms with Crippen molar-refractivity contribution in [3.8, 4) is 11.5 Å². The number of rotatable bonds is 2. The zero-order valence-corrected chi connectivity index (χ0v) is 10.7. The number of aryl methyl sites for hydroxylation is 2. The van der Waals surface area contributed by atoms with E-state index in [2.05, 4.69) is 27.0 Å². The molecule has 1 aromatic carbocycles. The number of nitrogens with zero attached hydrogens (tertiary/aromatic N) is 1. The summed E-state index contributed by atoms with van der Waals surface area (Å²) in [6.07, 6.45) is 1.78. The second-order valence-electron chi connectivity index (χ2n) is 3.50. The van der Waals surface area contributed by atoms with Crippen LogP contribution in [0.1, 0.15) is 11.3 Å². The molecule has 0 N–H and O–H groups in total. The zero-order chi connectivity index (χ0) is 11.5. The molecule has 0 unspecified atom stereocenters. The summed E-state index contributed by atoms with van der Waals surface area (Å²) in [7, 11) is 0. The Balaban J connectivity index is 2.38. The summed E-state index contributed by atoms with van der Waals surface area (Å²) in [6, 6.07) is 10.4. The number of pyridine rings is 1. The molecule has 81 valence electrons. The summed E-state index contributed by atoms with van der Waals surface area (Å²) >= 11 is 3.43. The molecule has 0 fully saturated rings. The van der Waals surface area contributed by atoms with Gasteiger partial charge in [0.2, 0.25) is 0 Å². The lowest BCUT2D eigenvalue weighted by atomic mass is 10.2. The first-order chi connectivity index (χ1) is 7.68. The molecule has 2 rings (SSSR count). The van der Waals surface area contributed by atoms with Crippen LogP contribution in [0.25, 0.3) is 0 Å². The zero-order valence-electron chi connectivity index (χ0n) is 9.12. The molecular weight excluding hydrogens is 266 g/mol. The van der Waals surface area contributed by atoms with Crippen LogP contribution in [0.15, 0.2) is 34.9 Å². The molecule has 0 aliphatic heterocycles. The van der Waals surface area contributed by atoms with Crippen molar-refractivity contribution in [3.05, 3.63) is 52.3 Å². The van der Waals surface area contributed by atoms with Crippen LogP contribution in [0.4, 0.5) is 0 Å². The van der Waals surface area contributed by atoms with Gasteiger partial charge >= 0.3 is 0 Å². The van der Waals surface area contributed by atoms with Gasteiger partial charge in [-0.3, -0.25) is 4.98 Å². The van der Waals surface area contributed by atoms with Crippen LogP contribution in [0.5, 0.6) is 11.5 Å². The Kier molecular flexibility index (Phi) is 3.25. The summed E-state index contributed by atoms with van der Waals surface area (Å²) < 4.78 is 6.73. The third-order valence-corrected chi connectivity index (χ3v) is 2.89. The number of aromatic nitrogens is 1. The van der Waals surface area contributed by atoms with Crippen molar-refractivity contribution >= 4 is 15.9 Å². The van der Waals surface area contributed by atoms with Crippen molar-refractivity contribution in [1.82, 2.24) is 4.98 Å². The molecule has 2 aromatic rings. The van der Waals surface area contributed by atoms with Crippen LogP contribution in [-0.4, -0.2) is 4.98 Å². The average Bonchev–Trinajstić information content (AvgIpc) is 2.26. The van der Waals surface area contributed by atoms with Gasteiger partial charge in [-0.05, 0) is 59.6 Å². The van der Waals surface area contributed by atoms with Crippen molar-refractivity contribution < 1.29 is 4.74 Å². The van der Waals surface area contributed by atoms with Crippen molar-refractivity contribution in [2.75, 3.05) is 0 Å². The van der Waals surface area contributed by atoms with Crippen LogP contribution < -0.4 is 4.74 Å². The summed E-state index contributed by atoms with van der Waals surface area (Å²) in [4.78, 5) is 4.22. The Bertz CT molecular complexity index is 491. The number of benzene rings is 1. The van der Waals surface area contributed by atoms with Gasteiger partial charge in [-0.15, -0.1) is 0 Å². The smallest absolute Gasteiger partial charge is 0.151 e. The van der Waals surface area contributed by atoms with Gasteiger partial charge in [0.15, 0.2) is 5.75 Å². The molecule has 0 spiro atoms. The van der Waals surface area contributed by atoms with E-state index in [0.29, 0.717) is 0 Å². The van der Waals surface area contributed by atoms with Gasteiger partial charge in [-0.25, -0.2) is 0 Å². The maximum atomic E-state index is 5.84. The molecule has 1 heterocycles. The SMILES string of the molecule is Cc1ccnc(C)c1Oc1cc[c]cc1Br. The van der Waals surface area contributed by atoms with Gasteiger partial charge in [0, 0.05) is 6.20 Å². The van der Waals surface area contributed by atoms with E-state index in [1.54, 1.807) is 6.20 Å². The molecule has 0 atom stereocenters. The average molecular weight is 277 g/mol. The van der Waals surface area contributed by atoms with E-state index in [-0.39, 0.29) is 0 Å². The highest BCUT2D eigenvalue weighted by molar-refractivity contribution is 9.10. The Labute approximate surface area is 103 Å². The summed E-state index contributed by atoms with van der Waals surface area (Å²) in [5.41, 5.74) is 1.96. The Morgan fingerprint density at radius 2 is 2.12 bits per heavy atom. The maximum absolute atomic E-state index is 5.84. The van der Waals surface area contributed by atoms with Crippen LogP contribution in [-0.2, 0) is 0 Å². The number of hydrogen-bond donors (Lipinski definition) is 0. The van der Waals surface area contributed by atoms with Crippen LogP contribution >= 0.6 is 15.9 Å². The Hall–Kier alpha value is -1.35. The predicted octanol–water partition coefficient (Wildman–Crippen LogP) is 4.05. The Morgan fingerprint density at radius 1 is 1.31 bits per heavy atom. The van der Waals surface area contributed by atoms with E-state index in [0.717, 1.165) is 27.2 Å². The molecule has 0 saturated carbocycles. The van der Waals surface area contributed by atoms with E-state index in [9.17, 15) is 0 Å². The number of ether oxygens (including phenoxy) is 1. The van der Waals surface area contributed by atoms with Crippen molar-refractivity contribution in [1.29, 1.82) is 0 Å². The molecule has 0 aliphatic carbocycles. The van der Waals surface area contributed by atoms with E-state index < -0.39 is 0 Å². The van der Waals surface area contributed by atoms with Crippen LogP contribution in [0.3, 0.4) is 0 Å². The van der Waals surface area contributed by atoms with Crippen molar-refractivity contribution in [2.24, 2.45) is 0 Å². The van der Waals surface area contributed by atoms with Crippen molar-refractivity contribution in [3.63, 3.8) is 0 Å². The second-order valence-corrected chi connectivity index (χ2v) is 4.36. The molecule has 0 amide bonds. The molecule has 2 nitrogen and oxygen atoms in total. The topological polar surface area (TPSA) is 22.1 Å². The Morgan fingerprint density at radius 3 is 2.81 bits per heavy atom. The molecule has 0 aliphatic rings. The molecule has 1 radical (unpaired) electrons. The third kappa shape index (κ3) is 2.25. The first-order valence-corrected chi connectivity index (χ1v) is 5.73. The molecule has 0 saturated heterocycles. The van der Waals surface area contributed by atoms with Crippen LogP contribution in [0, 0.1) is 19.9 Å². The fourth-order valence-electron chi connectivity index (χ4n) is 1.42. The molecule has 16 heavy (non-hydrogen) atoms. The quantitative estimate of drug-likeness (QED) is 0.826. The second kappa shape index (κ2) is 4.66. The minimum atomic E-state index is 0.776. The molecule has 3 heteroatoms. The fourth-order valence-corrected chi connectivity index (χ4v) is 1.77. The normalized spacial score (nSPS) is 10.2. The van der Waals surface area contributed by atoms with Gasteiger partial charge in [0.25, 0.3) is 0 Å². The van der Waals surface area contributed by atoms with Crippen molar-refractivity contribution in [2.45, 2.75) is 13.8 Å². The number of halogens is 1. The largest absolute Gasteiger partial charge is 0.454 e. The highest BCUT2D eigenvalue weighted by Gasteiger charge is 2.07. The van der Waals surface area contributed by atoms with E-state index in [4.69, 9.17) is 4.74 Å². The lowest BCUT2D eigenvalue weighted by Gasteiger charge is -2.11.